The number of nitrogens with zero attached hydrogens (tertiary/aromatic N) is 1. The lowest BCUT2D eigenvalue weighted by Gasteiger charge is -2.42. The molecule has 1 aliphatic rings. The van der Waals surface area contributed by atoms with E-state index < -0.39 is 0 Å². The van der Waals surface area contributed by atoms with Crippen molar-refractivity contribution in [1.29, 1.82) is 0 Å². The van der Waals surface area contributed by atoms with Gasteiger partial charge in [-0.25, -0.2) is 0 Å². The molecule has 1 saturated heterocycles. The van der Waals surface area contributed by atoms with Crippen LogP contribution in [0.4, 0.5) is 0 Å². The van der Waals surface area contributed by atoms with Gasteiger partial charge in [-0.05, 0) is 45.1 Å². The molecule has 0 aromatic heterocycles. The summed E-state index contributed by atoms with van der Waals surface area (Å²) >= 11 is 0. The first-order valence-corrected chi connectivity index (χ1v) is 7.02. The average Bonchev–Trinajstić information content (AvgIpc) is 2.25. The second-order valence-electron chi connectivity index (χ2n) is 5.94. The van der Waals surface area contributed by atoms with Gasteiger partial charge in [0.1, 0.15) is 0 Å². The second kappa shape index (κ2) is 6.61. The molecule has 0 amide bonds. The summed E-state index contributed by atoms with van der Waals surface area (Å²) in [6, 6.07) is 1.40. The van der Waals surface area contributed by atoms with Gasteiger partial charge in [-0.1, -0.05) is 20.8 Å². The maximum atomic E-state index is 3.70. The summed E-state index contributed by atoms with van der Waals surface area (Å²) in [5.74, 6) is 1.68. The Kier molecular flexibility index (Phi) is 5.77. The third kappa shape index (κ3) is 4.06. The van der Waals surface area contributed by atoms with Crippen LogP contribution in [-0.4, -0.2) is 36.6 Å². The molecule has 1 N–H and O–H groups in total. The van der Waals surface area contributed by atoms with Crippen LogP contribution < -0.4 is 5.32 Å². The van der Waals surface area contributed by atoms with Crippen LogP contribution in [0.5, 0.6) is 0 Å². The van der Waals surface area contributed by atoms with Crippen molar-refractivity contribution in [3.05, 3.63) is 0 Å². The molecular formula is C14H30N2. The third-order valence-corrected chi connectivity index (χ3v) is 3.87. The Bertz CT molecular complexity index is 173. The third-order valence-electron chi connectivity index (χ3n) is 3.87. The molecule has 2 unspecified atom stereocenters. The maximum absolute atomic E-state index is 3.70. The lowest BCUT2D eigenvalue weighted by atomic mass is 9.85. The molecule has 1 aliphatic heterocycles. The van der Waals surface area contributed by atoms with E-state index in [1.54, 1.807) is 0 Å². The monoisotopic (exact) mass is 226 g/mol. The number of hydrogen-bond acceptors (Lipinski definition) is 2. The van der Waals surface area contributed by atoms with Crippen LogP contribution in [-0.2, 0) is 0 Å². The SMILES string of the molecule is CCCNC1CC(C(C)C)CN(C(C)C)C1. The van der Waals surface area contributed by atoms with Gasteiger partial charge in [0.2, 0.25) is 0 Å². The van der Waals surface area contributed by atoms with Gasteiger partial charge in [-0.2, -0.15) is 0 Å². The Labute approximate surface area is 102 Å². The Morgan fingerprint density at radius 1 is 1.19 bits per heavy atom. The molecule has 0 saturated carbocycles. The van der Waals surface area contributed by atoms with Crippen LogP contribution in [0.1, 0.15) is 47.5 Å². The molecule has 1 heterocycles. The summed E-state index contributed by atoms with van der Waals surface area (Å²) < 4.78 is 0. The summed E-state index contributed by atoms with van der Waals surface area (Å²) in [6.45, 7) is 15.3. The summed E-state index contributed by atoms with van der Waals surface area (Å²) in [4.78, 5) is 2.64. The predicted molar refractivity (Wildman–Crippen MR) is 71.7 cm³/mol. The molecule has 0 aromatic rings. The van der Waals surface area contributed by atoms with Crippen molar-refractivity contribution >= 4 is 0 Å². The van der Waals surface area contributed by atoms with Crippen molar-refractivity contribution < 1.29 is 0 Å². The van der Waals surface area contributed by atoms with Gasteiger partial charge in [0, 0.05) is 25.2 Å². The van der Waals surface area contributed by atoms with Crippen LogP contribution in [0, 0.1) is 11.8 Å². The smallest absolute Gasteiger partial charge is 0.0198 e. The van der Waals surface area contributed by atoms with Crippen LogP contribution in [0.15, 0.2) is 0 Å². The molecule has 2 heteroatoms. The van der Waals surface area contributed by atoms with E-state index in [1.165, 1.54) is 32.5 Å². The van der Waals surface area contributed by atoms with E-state index in [9.17, 15) is 0 Å². The molecule has 0 aromatic carbocycles. The Balaban J connectivity index is 2.52. The molecule has 96 valence electrons. The number of nitrogens with one attached hydrogen (secondary N) is 1. The molecule has 0 aliphatic carbocycles. The largest absolute Gasteiger partial charge is 0.313 e. The molecule has 2 nitrogen and oxygen atoms in total. The van der Waals surface area contributed by atoms with Crippen molar-refractivity contribution in [2.45, 2.75) is 59.5 Å². The Hall–Kier alpha value is -0.0800. The standard InChI is InChI=1S/C14H30N2/c1-6-7-15-14-8-13(11(2)3)9-16(10-14)12(4)5/h11-15H,6-10H2,1-5H3. The average molecular weight is 226 g/mol. The highest BCUT2D eigenvalue weighted by molar-refractivity contribution is 4.86. The summed E-state index contributed by atoms with van der Waals surface area (Å²) in [5, 5.41) is 3.70. The highest BCUT2D eigenvalue weighted by atomic mass is 15.2. The fourth-order valence-electron chi connectivity index (χ4n) is 2.57. The topological polar surface area (TPSA) is 15.3 Å². The zero-order valence-corrected chi connectivity index (χ0v) is 11.8. The van der Waals surface area contributed by atoms with Gasteiger partial charge >= 0.3 is 0 Å². The summed E-state index contributed by atoms with van der Waals surface area (Å²) in [7, 11) is 0. The van der Waals surface area contributed by atoms with Crippen LogP contribution in [0.2, 0.25) is 0 Å². The van der Waals surface area contributed by atoms with Gasteiger partial charge in [0.15, 0.2) is 0 Å². The van der Waals surface area contributed by atoms with E-state index in [1.807, 2.05) is 0 Å². The lowest BCUT2D eigenvalue weighted by molar-refractivity contribution is 0.0907. The first-order chi connectivity index (χ1) is 7.54. The van der Waals surface area contributed by atoms with Gasteiger partial charge in [-0.15, -0.1) is 0 Å². The van der Waals surface area contributed by atoms with E-state index >= 15 is 0 Å². The second-order valence-corrected chi connectivity index (χ2v) is 5.94. The molecule has 0 bridgehead atoms. The van der Waals surface area contributed by atoms with E-state index in [0.29, 0.717) is 12.1 Å². The van der Waals surface area contributed by atoms with Gasteiger partial charge in [0.05, 0.1) is 0 Å². The van der Waals surface area contributed by atoms with E-state index in [2.05, 4.69) is 44.8 Å². The fraction of sp³-hybridized carbons (Fsp3) is 1.00. The highest BCUT2D eigenvalue weighted by Gasteiger charge is 2.29. The van der Waals surface area contributed by atoms with Crippen LogP contribution in [0.3, 0.4) is 0 Å². The number of hydrogen-bond donors (Lipinski definition) is 1. The molecule has 0 radical (unpaired) electrons. The minimum atomic E-state index is 0.687. The van der Waals surface area contributed by atoms with Crippen molar-refractivity contribution in [1.82, 2.24) is 10.2 Å². The van der Waals surface area contributed by atoms with Gasteiger partial charge in [0.25, 0.3) is 0 Å². The molecular weight excluding hydrogens is 196 g/mol. The minimum absolute atomic E-state index is 0.687. The highest BCUT2D eigenvalue weighted by Crippen LogP contribution is 2.25. The minimum Gasteiger partial charge on any atom is -0.313 e. The van der Waals surface area contributed by atoms with Crippen molar-refractivity contribution in [2.75, 3.05) is 19.6 Å². The van der Waals surface area contributed by atoms with Crippen molar-refractivity contribution in [3.8, 4) is 0 Å². The first-order valence-electron chi connectivity index (χ1n) is 7.02. The Morgan fingerprint density at radius 2 is 1.88 bits per heavy atom. The normalized spacial score (nSPS) is 27.9. The molecule has 1 rings (SSSR count). The number of likely N-dealkylation sites (tertiary alicyclic amines) is 1. The van der Waals surface area contributed by atoms with Crippen LogP contribution in [0.25, 0.3) is 0 Å². The first kappa shape index (κ1) is 14.0. The molecule has 0 spiro atoms. The van der Waals surface area contributed by atoms with Crippen molar-refractivity contribution in [3.63, 3.8) is 0 Å². The zero-order valence-electron chi connectivity index (χ0n) is 11.8. The summed E-state index contributed by atoms with van der Waals surface area (Å²) in [5.41, 5.74) is 0. The number of rotatable bonds is 5. The van der Waals surface area contributed by atoms with Gasteiger partial charge in [-0.3, -0.25) is 4.90 Å². The van der Waals surface area contributed by atoms with Gasteiger partial charge < -0.3 is 5.32 Å². The van der Waals surface area contributed by atoms with E-state index in [-0.39, 0.29) is 0 Å². The molecule has 16 heavy (non-hydrogen) atoms. The number of piperidine rings is 1. The van der Waals surface area contributed by atoms with E-state index in [4.69, 9.17) is 0 Å². The van der Waals surface area contributed by atoms with Crippen molar-refractivity contribution in [2.24, 2.45) is 11.8 Å². The summed E-state index contributed by atoms with van der Waals surface area (Å²) in [6.07, 6.45) is 2.60. The fourth-order valence-corrected chi connectivity index (χ4v) is 2.57. The van der Waals surface area contributed by atoms with Crippen LogP contribution >= 0.6 is 0 Å². The predicted octanol–water partition coefficient (Wildman–Crippen LogP) is 2.74. The lowest BCUT2D eigenvalue weighted by Crippen LogP contribution is -2.52. The Morgan fingerprint density at radius 3 is 2.38 bits per heavy atom. The van der Waals surface area contributed by atoms with E-state index in [0.717, 1.165) is 11.8 Å². The molecule has 2 atom stereocenters. The maximum Gasteiger partial charge on any atom is 0.0198 e. The molecule has 1 fully saturated rings. The quantitative estimate of drug-likeness (QED) is 0.775. The zero-order chi connectivity index (χ0) is 12.1.